The highest BCUT2D eigenvalue weighted by Gasteiger charge is 2.16. The fourth-order valence-electron chi connectivity index (χ4n) is 3.25. The van der Waals surface area contributed by atoms with Gasteiger partial charge >= 0.3 is 0 Å². The minimum atomic E-state index is -0.432. The third-order valence-corrected chi connectivity index (χ3v) is 5.20. The van der Waals surface area contributed by atoms with Gasteiger partial charge in [0.2, 0.25) is 5.91 Å². The van der Waals surface area contributed by atoms with Crippen LogP contribution in [0.15, 0.2) is 42.5 Å². The molecule has 4 nitrogen and oxygen atoms in total. The van der Waals surface area contributed by atoms with E-state index in [9.17, 15) is 9.18 Å². The average molecular weight is 390 g/mol. The quantitative estimate of drug-likeness (QED) is 0.746. The zero-order valence-electron chi connectivity index (χ0n) is 15.5. The number of carbonyl (C=O) groups excluding carboxylic acids is 1. The molecule has 0 saturated carbocycles. The molecule has 6 heteroatoms. The first-order valence-electron chi connectivity index (χ1n) is 9.31. The Morgan fingerprint density at radius 1 is 1.19 bits per heavy atom. The number of nitrogens with one attached hydrogen (secondary N) is 2. The first-order chi connectivity index (χ1) is 13.0. The highest BCUT2D eigenvalue weighted by Crippen LogP contribution is 2.22. The number of hydrogen-bond acceptors (Lipinski definition) is 3. The van der Waals surface area contributed by atoms with Gasteiger partial charge in [-0.1, -0.05) is 35.9 Å². The van der Waals surface area contributed by atoms with Gasteiger partial charge in [0.25, 0.3) is 0 Å². The molecular weight excluding hydrogens is 365 g/mol. The Labute approximate surface area is 164 Å². The van der Waals surface area contributed by atoms with Gasteiger partial charge in [0, 0.05) is 13.1 Å². The van der Waals surface area contributed by atoms with E-state index in [0.29, 0.717) is 12.2 Å². The van der Waals surface area contributed by atoms with Crippen molar-refractivity contribution in [1.29, 1.82) is 0 Å². The van der Waals surface area contributed by atoms with Gasteiger partial charge in [-0.2, -0.15) is 0 Å². The number of nitrogens with zero attached hydrogens (tertiary/aromatic N) is 1. The van der Waals surface area contributed by atoms with E-state index in [1.807, 2.05) is 6.07 Å². The topological polar surface area (TPSA) is 44.4 Å². The Kier molecular flexibility index (Phi) is 6.83. The molecule has 0 radical (unpaired) electrons. The van der Waals surface area contributed by atoms with E-state index >= 15 is 0 Å². The predicted octanol–water partition coefficient (Wildman–Crippen LogP) is 4.19. The Bertz CT molecular complexity index is 793. The number of likely N-dealkylation sites (tertiary alicyclic amines) is 1. The lowest BCUT2D eigenvalue weighted by Gasteiger charge is -2.19. The van der Waals surface area contributed by atoms with Crippen molar-refractivity contribution in [2.45, 2.75) is 38.9 Å². The van der Waals surface area contributed by atoms with Crippen LogP contribution < -0.4 is 10.6 Å². The van der Waals surface area contributed by atoms with Crippen LogP contribution in [0.4, 0.5) is 10.1 Å². The monoisotopic (exact) mass is 389 g/mol. The van der Waals surface area contributed by atoms with E-state index in [1.165, 1.54) is 42.2 Å². The average Bonchev–Trinajstić information content (AvgIpc) is 3.16. The molecule has 1 fully saturated rings. The number of halogens is 2. The van der Waals surface area contributed by atoms with Gasteiger partial charge in [-0.15, -0.1) is 0 Å². The highest BCUT2D eigenvalue weighted by atomic mass is 35.5. The maximum absolute atomic E-state index is 13.1. The molecule has 2 aromatic carbocycles. The summed E-state index contributed by atoms with van der Waals surface area (Å²) in [5.74, 6) is -0.640. The van der Waals surface area contributed by atoms with Gasteiger partial charge in [-0.3, -0.25) is 9.69 Å². The first kappa shape index (κ1) is 19.8. The lowest BCUT2D eigenvalue weighted by atomic mass is 10.1. The zero-order valence-corrected chi connectivity index (χ0v) is 16.2. The fraction of sp³-hybridized carbons (Fsp3) is 0.381. The molecule has 27 heavy (non-hydrogen) atoms. The molecular formula is C21H25ClFN3O. The SMILES string of the molecule is CC(NCc1ccccc1CN1CCCC1)C(=O)Nc1ccc(F)cc1Cl. The molecule has 1 saturated heterocycles. The van der Waals surface area contributed by atoms with Crippen LogP contribution in [0.2, 0.25) is 5.02 Å². The van der Waals surface area contributed by atoms with Crippen LogP contribution >= 0.6 is 11.6 Å². The number of amides is 1. The van der Waals surface area contributed by atoms with E-state index < -0.39 is 11.9 Å². The summed E-state index contributed by atoms with van der Waals surface area (Å²) in [7, 11) is 0. The normalized spacial score (nSPS) is 15.7. The van der Waals surface area contributed by atoms with Crippen molar-refractivity contribution < 1.29 is 9.18 Å². The summed E-state index contributed by atoms with van der Waals surface area (Å²) in [4.78, 5) is 14.9. The van der Waals surface area contributed by atoms with E-state index in [-0.39, 0.29) is 10.9 Å². The highest BCUT2D eigenvalue weighted by molar-refractivity contribution is 6.33. The smallest absolute Gasteiger partial charge is 0.241 e. The summed E-state index contributed by atoms with van der Waals surface area (Å²) < 4.78 is 13.1. The van der Waals surface area contributed by atoms with Crippen LogP contribution in [0, 0.1) is 5.82 Å². The van der Waals surface area contributed by atoms with Crippen LogP contribution in [0.25, 0.3) is 0 Å². The number of hydrogen-bond donors (Lipinski definition) is 2. The van der Waals surface area contributed by atoms with Crippen molar-refractivity contribution in [3.8, 4) is 0 Å². The number of benzene rings is 2. The van der Waals surface area contributed by atoms with Gasteiger partial charge < -0.3 is 10.6 Å². The molecule has 3 rings (SSSR count). The van der Waals surface area contributed by atoms with Crippen molar-refractivity contribution in [2.24, 2.45) is 0 Å². The lowest BCUT2D eigenvalue weighted by Crippen LogP contribution is -2.38. The second-order valence-corrected chi connectivity index (χ2v) is 7.38. The summed E-state index contributed by atoms with van der Waals surface area (Å²) in [6.07, 6.45) is 2.53. The maximum atomic E-state index is 13.1. The molecule has 1 heterocycles. The predicted molar refractivity (Wildman–Crippen MR) is 107 cm³/mol. The number of rotatable bonds is 7. The zero-order chi connectivity index (χ0) is 19.2. The second-order valence-electron chi connectivity index (χ2n) is 6.97. The summed E-state index contributed by atoms with van der Waals surface area (Å²) in [6, 6.07) is 11.8. The van der Waals surface area contributed by atoms with Crippen molar-refractivity contribution in [3.05, 3.63) is 64.4 Å². The van der Waals surface area contributed by atoms with E-state index in [0.717, 1.165) is 19.6 Å². The molecule has 0 spiro atoms. The molecule has 2 N–H and O–H groups in total. The molecule has 0 aromatic heterocycles. The van der Waals surface area contributed by atoms with Crippen molar-refractivity contribution in [1.82, 2.24) is 10.2 Å². The van der Waals surface area contributed by atoms with Crippen LogP contribution in [-0.4, -0.2) is 29.9 Å². The van der Waals surface area contributed by atoms with E-state index in [4.69, 9.17) is 11.6 Å². The van der Waals surface area contributed by atoms with Crippen molar-refractivity contribution in [3.63, 3.8) is 0 Å². The minimum absolute atomic E-state index is 0.187. The number of carbonyl (C=O) groups is 1. The lowest BCUT2D eigenvalue weighted by molar-refractivity contribution is -0.117. The summed E-state index contributed by atoms with van der Waals surface area (Å²) >= 11 is 5.97. The van der Waals surface area contributed by atoms with Gasteiger partial charge in [-0.05, 0) is 62.2 Å². The van der Waals surface area contributed by atoms with Gasteiger partial charge in [-0.25, -0.2) is 4.39 Å². The third-order valence-electron chi connectivity index (χ3n) is 4.89. The molecule has 2 aromatic rings. The first-order valence-corrected chi connectivity index (χ1v) is 9.69. The fourth-order valence-corrected chi connectivity index (χ4v) is 3.47. The molecule has 1 aliphatic heterocycles. The van der Waals surface area contributed by atoms with Gasteiger partial charge in [0.1, 0.15) is 5.82 Å². The molecule has 1 atom stereocenters. The summed E-state index contributed by atoms with van der Waals surface area (Å²) in [6.45, 7) is 5.66. The van der Waals surface area contributed by atoms with Crippen LogP contribution in [-0.2, 0) is 17.9 Å². The molecule has 0 aliphatic carbocycles. The Morgan fingerprint density at radius 2 is 1.89 bits per heavy atom. The minimum Gasteiger partial charge on any atom is -0.323 e. The summed E-state index contributed by atoms with van der Waals surface area (Å²) in [5, 5.41) is 6.19. The van der Waals surface area contributed by atoms with Gasteiger partial charge in [0.05, 0.1) is 16.8 Å². The Balaban J connectivity index is 1.56. The molecule has 1 amide bonds. The van der Waals surface area contributed by atoms with Crippen LogP contribution in [0.3, 0.4) is 0 Å². The Morgan fingerprint density at radius 3 is 2.59 bits per heavy atom. The molecule has 1 unspecified atom stereocenters. The molecule has 144 valence electrons. The molecule has 1 aliphatic rings. The van der Waals surface area contributed by atoms with Crippen LogP contribution in [0.1, 0.15) is 30.9 Å². The Hall–Kier alpha value is -1.95. The standard InChI is InChI=1S/C21H25ClFN3O/c1-15(21(27)25-20-9-8-18(23)12-19(20)22)24-13-16-6-2-3-7-17(16)14-26-10-4-5-11-26/h2-3,6-9,12,15,24H,4-5,10-11,13-14H2,1H3,(H,25,27). The summed E-state index contributed by atoms with van der Waals surface area (Å²) in [5.41, 5.74) is 2.90. The number of anilines is 1. The van der Waals surface area contributed by atoms with Crippen LogP contribution in [0.5, 0.6) is 0 Å². The third kappa shape index (κ3) is 5.51. The maximum Gasteiger partial charge on any atom is 0.241 e. The van der Waals surface area contributed by atoms with Crippen molar-refractivity contribution in [2.75, 3.05) is 18.4 Å². The van der Waals surface area contributed by atoms with E-state index in [2.05, 4.69) is 33.7 Å². The second kappa shape index (κ2) is 9.31. The largest absolute Gasteiger partial charge is 0.323 e. The van der Waals surface area contributed by atoms with E-state index in [1.54, 1.807) is 6.92 Å². The van der Waals surface area contributed by atoms with Crippen molar-refractivity contribution >= 4 is 23.2 Å². The molecule has 0 bridgehead atoms. The van der Waals surface area contributed by atoms with Gasteiger partial charge in [0.15, 0.2) is 0 Å².